The number of β-lactam (4-membered cyclic amide) rings is 1. The smallest absolute Gasteiger partial charge is 0.276 e. The van der Waals surface area contributed by atoms with E-state index in [0.717, 1.165) is 47.3 Å². The monoisotopic (exact) mass is 504 g/mol. The van der Waals surface area contributed by atoms with E-state index in [0.29, 0.717) is 11.3 Å². The van der Waals surface area contributed by atoms with Crippen LogP contribution in [0.25, 0.3) is 0 Å². The van der Waals surface area contributed by atoms with Gasteiger partial charge in [0.15, 0.2) is 10.8 Å². The number of rotatable bonds is 6. The van der Waals surface area contributed by atoms with Crippen molar-refractivity contribution < 1.29 is 29.3 Å². The molecule has 4 N–H and O–H groups in total. The normalized spacial score (nSPS) is 21.9. The van der Waals surface area contributed by atoms with Gasteiger partial charge in [0, 0.05) is 29.6 Å². The van der Waals surface area contributed by atoms with Gasteiger partial charge in [-0.05, 0) is 12.0 Å². The van der Waals surface area contributed by atoms with Crippen LogP contribution in [0.15, 0.2) is 21.8 Å². The Morgan fingerprint density at radius 1 is 1.47 bits per heavy atom. The van der Waals surface area contributed by atoms with Crippen molar-refractivity contribution in [3.63, 3.8) is 0 Å². The van der Waals surface area contributed by atoms with Crippen LogP contribution in [-0.4, -0.2) is 65.5 Å². The first-order chi connectivity index (χ1) is 16.3. The molecule has 2 aromatic heterocycles. The van der Waals surface area contributed by atoms with Crippen LogP contribution in [0.5, 0.6) is 0 Å². The number of amides is 2. The highest BCUT2D eigenvalue weighted by Gasteiger charge is 2.53. The Bertz CT molecular complexity index is 1280. The second kappa shape index (κ2) is 8.39. The highest BCUT2D eigenvalue weighted by molar-refractivity contribution is 8.00. The molecule has 178 valence electrons. The van der Waals surface area contributed by atoms with Crippen LogP contribution in [0.2, 0.25) is 0 Å². The molecule has 0 aromatic carbocycles. The van der Waals surface area contributed by atoms with Gasteiger partial charge in [0.1, 0.15) is 23.7 Å². The maximum absolute atomic E-state index is 12.9. The summed E-state index contributed by atoms with van der Waals surface area (Å²) in [6.07, 6.45) is 1.82. The standard InChI is InChI=1S/C19H20N8O5S2/c1-8-23-26-4-2-3-11(26)25(8)5-9-6-33-17-13(16(29)27(17)14(9)18(30)31)22-15(28)12(24-32)10-7-34-19(20)21-10/h7,13,17H,2-6H2,1H3,(H4-,20,21,22,28,30,31,32)/t13-,17-/m1/s1. The van der Waals surface area contributed by atoms with Gasteiger partial charge in [-0.25, -0.2) is 9.55 Å². The third-order valence-corrected chi connectivity index (χ3v) is 8.01. The molecular formula is C19H20N8O5S2. The van der Waals surface area contributed by atoms with Gasteiger partial charge in [-0.1, -0.05) is 5.16 Å². The Hall–Kier alpha value is -3.46. The van der Waals surface area contributed by atoms with Gasteiger partial charge in [-0.15, -0.1) is 27.8 Å². The number of nitrogens with one attached hydrogen (secondary N) is 1. The van der Waals surface area contributed by atoms with Crippen LogP contribution in [-0.2, 0) is 33.9 Å². The molecule has 13 nitrogen and oxygen atoms in total. The summed E-state index contributed by atoms with van der Waals surface area (Å²) in [7, 11) is 0. The van der Waals surface area contributed by atoms with Crippen molar-refractivity contribution in [3.8, 4) is 0 Å². The summed E-state index contributed by atoms with van der Waals surface area (Å²) in [5, 5.41) is 32.3. The third-order valence-electron chi connectivity index (χ3n) is 5.99. The first-order valence-corrected chi connectivity index (χ1v) is 12.3. The average Bonchev–Trinajstić information content (AvgIpc) is 3.50. The molecule has 2 amide bonds. The maximum atomic E-state index is 12.9. The number of oxime groups is 1. The largest absolute Gasteiger partial charge is 0.543 e. The fourth-order valence-corrected chi connectivity index (χ4v) is 6.33. The van der Waals surface area contributed by atoms with E-state index in [1.807, 2.05) is 16.2 Å². The van der Waals surface area contributed by atoms with E-state index >= 15 is 0 Å². The minimum Gasteiger partial charge on any atom is -0.543 e. The molecule has 1 fully saturated rings. The second-order valence-electron chi connectivity index (χ2n) is 8.00. The number of carbonyl (C=O) groups excluding carboxylic acids is 3. The zero-order valence-corrected chi connectivity index (χ0v) is 19.6. The zero-order chi connectivity index (χ0) is 24.1. The van der Waals surface area contributed by atoms with E-state index in [4.69, 9.17) is 5.73 Å². The quantitative estimate of drug-likeness (QED) is 0.129. The summed E-state index contributed by atoms with van der Waals surface area (Å²) < 4.78 is 3.89. The lowest BCUT2D eigenvalue weighted by atomic mass is 10.0. The van der Waals surface area contributed by atoms with Crippen molar-refractivity contribution in [1.82, 2.24) is 25.0 Å². The van der Waals surface area contributed by atoms with Gasteiger partial charge in [0.05, 0.1) is 18.2 Å². The summed E-state index contributed by atoms with van der Waals surface area (Å²) in [5.41, 5.74) is 5.62. The Morgan fingerprint density at radius 3 is 2.94 bits per heavy atom. The number of fused-ring (bicyclic) bond motifs is 2. The number of thiazole rings is 1. The number of carboxylic acids is 1. The number of aliphatic carboxylic acids is 1. The molecular weight excluding hydrogens is 484 g/mol. The predicted molar refractivity (Wildman–Crippen MR) is 117 cm³/mol. The van der Waals surface area contributed by atoms with E-state index in [1.54, 1.807) is 0 Å². The number of aromatic nitrogens is 4. The number of hydrogen-bond donors (Lipinski definition) is 3. The Labute approximate surface area is 200 Å². The zero-order valence-electron chi connectivity index (χ0n) is 17.9. The number of nitrogens with zero attached hydrogens (tertiary/aromatic N) is 6. The lowest BCUT2D eigenvalue weighted by Crippen LogP contribution is -2.71. The predicted octanol–water partition coefficient (Wildman–Crippen LogP) is -2.25. The molecule has 5 rings (SSSR count). The van der Waals surface area contributed by atoms with Gasteiger partial charge in [-0.2, -0.15) is 0 Å². The fourth-order valence-electron chi connectivity index (χ4n) is 4.45. The minimum absolute atomic E-state index is 0.0705. The number of thioether (sulfide) groups is 1. The molecule has 0 aliphatic carbocycles. The van der Waals surface area contributed by atoms with Gasteiger partial charge in [-0.3, -0.25) is 14.5 Å². The lowest BCUT2D eigenvalue weighted by molar-refractivity contribution is -0.702. The first-order valence-electron chi connectivity index (χ1n) is 10.4. The summed E-state index contributed by atoms with van der Waals surface area (Å²) >= 11 is 2.41. The van der Waals surface area contributed by atoms with Crippen LogP contribution in [0, 0.1) is 6.92 Å². The van der Waals surface area contributed by atoms with Crippen LogP contribution in [0.4, 0.5) is 5.13 Å². The molecule has 2 atom stereocenters. The van der Waals surface area contributed by atoms with E-state index in [9.17, 15) is 24.7 Å². The molecule has 0 saturated carbocycles. The number of anilines is 1. The first kappa shape index (κ1) is 22.3. The molecule has 34 heavy (non-hydrogen) atoms. The molecule has 3 aliphatic heterocycles. The number of carbonyl (C=O) groups is 3. The second-order valence-corrected chi connectivity index (χ2v) is 9.99. The molecule has 5 heterocycles. The van der Waals surface area contributed by atoms with Gasteiger partial charge in [0.2, 0.25) is 5.82 Å². The third kappa shape index (κ3) is 3.51. The molecule has 0 bridgehead atoms. The van der Waals surface area contributed by atoms with E-state index in [-0.39, 0.29) is 23.1 Å². The highest BCUT2D eigenvalue weighted by atomic mass is 32.2. The summed E-state index contributed by atoms with van der Waals surface area (Å²) in [6, 6.07) is -0.990. The van der Waals surface area contributed by atoms with Gasteiger partial charge in [0.25, 0.3) is 17.6 Å². The van der Waals surface area contributed by atoms with Crippen molar-refractivity contribution in [2.24, 2.45) is 5.16 Å². The van der Waals surface area contributed by atoms with Crippen molar-refractivity contribution in [1.29, 1.82) is 0 Å². The number of nitrogens with two attached hydrogens (primary N) is 1. The van der Waals surface area contributed by atoms with Crippen LogP contribution >= 0.6 is 23.1 Å². The molecule has 3 aliphatic rings. The van der Waals surface area contributed by atoms with E-state index in [2.05, 4.69) is 20.6 Å². The van der Waals surface area contributed by atoms with Crippen LogP contribution in [0.3, 0.4) is 0 Å². The summed E-state index contributed by atoms with van der Waals surface area (Å²) in [6.45, 7) is 2.97. The topological polar surface area (TPSA) is 183 Å². The van der Waals surface area contributed by atoms with E-state index in [1.165, 1.54) is 17.1 Å². The molecule has 0 unspecified atom stereocenters. The van der Waals surface area contributed by atoms with Crippen LogP contribution < -0.4 is 20.7 Å². The van der Waals surface area contributed by atoms with Crippen LogP contribution in [0.1, 0.15) is 23.8 Å². The fraction of sp³-hybridized carbons (Fsp3) is 0.421. The minimum atomic E-state index is -1.45. The Balaban J connectivity index is 1.36. The number of nitrogen functional groups attached to an aromatic ring is 1. The number of hydrogen-bond acceptors (Lipinski definition) is 11. The maximum Gasteiger partial charge on any atom is 0.276 e. The van der Waals surface area contributed by atoms with Crippen molar-refractivity contribution in [2.45, 2.75) is 44.3 Å². The SMILES string of the molecule is Cc1nn2c([n+]1CC1=C(C(=O)[O-])N3C(=O)[C@@H](NC(=O)/C(=N\O)c4csc(N)n4)[C@H]3SC1)CCC2. The summed E-state index contributed by atoms with van der Waals surface area (Å²) in [5.74, 6) is -0.725. The van der Waals surface area contributed by atoms with Crippen molar-refractivity contribution in [3.05, 3.63) is 34.0 Å². The molecule has 0 radical (unpaired) electrons. The summed E-state index contributed by atoms with van der Waals surface area (Å²) in [4.78, 5) is 42.7. The molecule has 15 heteroatoms. The highest BCUT2D eigenvalue weighted by Crippen LogP contribution is 2.40. The van der Waals surface area contributed by atoms with Gasteiger partial charge >= 0.3 is 0 Å². The molecule has 2 aromatic rings. The van der Waals surface area contributed by atoms with E-state index < -0.39 is 34.9 Å². The van der Waals surface area contributed by atoms with Crippen molar-refractivity contribution >= 4 is 51.7 Å². The molecule has 0 spiro atoms. The lowest BCUT2D eigenvalue weighted by Gasteiger charge is -2.50. The van der Waals surface area contributed by atoms with Gasteiger partial charge < -0.3 is 26.2 Å². The number of aryl methyl sites for hydroxylation is 2. The van der Waals surface area contributed by atoms with Crippen molar-refractivity contribution in [2.75, 3.05) is 11.5 Å². The Morgan fingerprint density at radius 2 is 2.26 bits per heavy atom. The average molecular weight is 505 g/mol. The molecule has 1 saturated heterocycles. The Kier molecular flexibility index (Phi) is 5.51. The number of carboxylic acid groups (broad SMARTS) is 1.